The van der Waals surface area contributed by atoms with Crippen LogP contribution in [0.25, 0.3) is 0 Å². The van der Waals surface area contributed by atoms with Gasteiger partial charge in [-0.15, -0.1) is 0 Å². The van der Waals surface area contributed by atoms with Gasteiger partial charge in [0.05, 0.1) is 0 Å². The Balaban J connectivity index is 1.87. The fourth-order valence-electron chi connectivity index (χ4n) is 4.42. The summed E-state index contributed by atoms with van der Waals surface area (Å²) >= 11 is 0. The molecule has 1 amide bonds. The fraction of sp³-hybridized carbons (Fsp3) is 0.900. The molecule has 0 aromatic rings. The summed E-state index contributed by atoms with van der Waals surface area (Å²) in [6.07, 6.45) is 6.69. The topological polar surface area (TPSA) is 60.0 Å². The number of likely N-dealkylation sites (tertiary alicyclic amines) is 2. The summed E-state index contributed by atoms with van der Waals surface area (Å²) in [5.74, 6) is 1.85. The normalized spacial score (nSPS) is 22.9. The highest BCUT2D eigenvalue weighted by molar-refractivity contribution is 5.80. The molecule has 2 saturated heterocycles. The summed E-state index contributed by atoms with van der Waals surface area (Å²) in [6.45, 7) is 11.6. The van der Waals surface area contributed by atoms with Crippen molar-refractivity contribution < 1.29 is 4.79 Å². The Bertz CT molecular complexity index is 455. The SMILES string of the molecule is CCC(=O)N1CCC(NC(=NC)NCC(C(CC)CC)N2CCCC2)C1. The van der Waals surface area contributed by atoms with E-state index >= 15 is 0 Å². The third-order valence-corrected chi connectivity index (χ3v) is 6.09. The zero-order valence-corrected chi connectivity index (χ0v) is 17.3. The molecule has 2 N–H and O–H groups in total. The number of amides is 1. The van der Waals surface area contributed by atoms with E-state index in [0.717, 1.165) is 37.9 Å². The summed E-state index contributed by atoms with van der Waals surface area (Å²) in [7, 11) is 1.83. The predicted octanol–water partition coefficient (Wildman–Crippen LogP) is 2.06. The maximum atomic E-state index is 11.9. The number of hydrogen-bond donors (Lipinski definition) is 2. The van der Waals surface area contributed by atoms with Crippen LogP contribution in [-0.4, -0.2) is 73.5 Å². The second kappa shape index (κ2) is 10.8. The minimum absolute atomic E-state index is 0.250. The molecule has 0 spiro atoms. The van der Waals surface area contributed by atoms with Crippen molar-refractivity contribution in [2.75, 3.05) is 39.8 Å². The van der Waals surface area contributed by atoms with Crippen molar-refractivity contribution in [3.8, 4) is 0 Å². The van der Waals surface area contributed by atoms with Crippen molar-refractivity contribution in [2.45, 2.75) is 71.4 Å². The molecular weight excluding hydrogens is 326 g/mol. The van der Waals surface area contributed by atoms with Crippen molar-refractivity contribution >= 4 is 11.9 Å². The van der Waals surface area contributed by atoms with Crippen molar-refractivity contribution in [1.29, 1.82) is 0 Å². The highest BCUT2D eigenvalue weighted by Crippen LogP contribution is 2.22. The van der Waals surface area contributed by atoms with Gasteiger partial charge < -0.3 is 15.5 Å². The van der Waals surface area contributed by atoms with E-state index in [9.17, 15) is 4.79 Å². The van der Waals surface area contributed by atoms with E-state index in [-0.39, 0.29) is 5.91 Å². The second-order valence-electron chi connectivity index (χ2n) is 7.66. The fourth-order valence-corrected chi connectivity index (χ4v) is 4.42. The molecule has 0 aromatic heterocycles. The van der Waals surface area contributed by atoms with E-state index in [1.807, 2.05) is 18.9 Å². The Labute approximate surface area is 159 Å². The van der Waals surface area contributed by atoms with Gasteiger partial charge in [0.1, 0.15) is 0 Å². The average Bonchev–Trinajstić information content (AvgIpc) is 3.35. The molecule has 6 nitrogen and oxygen atoms in total. The largest absolute Gasteiger partial charge is 0.355 e. The predicted molar refractivity (Wildman–Crippen MR) is 108 cm³/mol. The second-order valence-corrected chi connectivity index (χ2v) is 7.66. The molecule has 0 saturated carbocycles. The van der Waals surface area contributed by atoms with Crippen molar-refractivity contribution in [3.05, 3.63) is 0 Å². The molecule has 2 unspecified atom stereocenters. The third kappa shape index (κ3) is 5.60. The molecule has 2 fully saturated rings. The summed E-state index contributed by atoms with van der Waals surface area (Å²) in [5.41, 5.74) is 0. The maximum Gasteiger partial charge on any atom is 0.222 e. The summed E-state index contributed by atoms with van der Waals surface area (Å²) in [4.78, 5) is 20.9. The van der Waals surface area contributed by atoms with E-state index in [2.05, 4.69) is 34.4 Å². The zero-order valence-electron chi connectivity index (χ0n) is 17.3. The minimum atomic E-state index is 0.250. The zero-order chi connectivity index (χ0) is 18.9. The lowest BCUT2D eigenvalue weighted by Gasteiger charge is -2.34. The lowest BCUT2D eigenvalue weighted by Crippen LogP contribution is -2.51. The van der Waals surface area contributed by atoms with Gasteiger partial charge in [-0.2, -0.15) is 0 Å². The van der Waals surface area contributed by atoms with Crippen LogP contribution >= 0.6 is 0 Å². The highest BCUT2D eigenvalue weighted by atomic mass is 16.2. The van der Waals surface area contributed by atoms with Crippen molar-refractivity contribution in [2.24, 2.45) is 10.9 Å². The van der Waals surface area contributed by atoms with Crippen molar-refractivity contribution in [3.63, 3.8) is 0 Å². The first-order valence-electron chi connectivity index (χ1n) is 10.6. The Morgan fingerprint density at radius 3 is 2.42 bits per heavy atom. The number of carbonyl (C=O) groups is 1. The van der Waals surface area contributed by atoms with Crippen LogP contribution in [-0.2, 0) is 4.79 Å². The van der Waals surface area contributed by atoms with E-state index in [1.54, 1.807) is 0 Å². The van der Waals surface area contributed by atoms with Gasteiger partial charge in [0, 0.05) is 45.2 Å². The number of guanidine groups is 1. The average molecular weight is 366 g/mol. The number of nitrogens with one attached hydrogen (secondary N) is 2. The van der Waals surface area contributed by atoms with Gasteiger partial charge in [-0.1, -0.05) is 33.6 Å². The van der Waals surface area contributed by atoms with Crippen LogP contribution in [0.4, 0.5) is 0 Å². The molecule has 2 aliphatic heterocycles. The molecule has 2 heterocycles. The van der Waals surface area contributed by atoms with E-state index < -0.39 is 0 Å². The Hall–Kier alpha value is -1.30. The van der Waals surface area contributed by atoms with Gasteiger partial charge in [0.15, 0.2) is 5.96 Å². The van der Waals surface area contributed by atoms with Crippen LogP contribution in [0.5, 0.6) is 0 Å². The number of aliphatic imine (C=N–C) groups is 1. The maximum absolute atomic E-state index is 11.9. The number of carbonyl (C=O) groups excluding carboxylic acids is 1. The van der Waals surface area contributed by atoms with Crippen molar-refractivity contribution in [1.82, 2.24) is 20.4 Å². The molecule has 0 radical (unpaired) electrons. The van der Waals surface area contributed by atoms with Crippen LogP contribution in [0.2, 0.25) is 0 Å². The van der Waals surface area contributed by atoms with Gasteiger partial charge in [0.2, 0.25) is 5.91 Å². The van der Waals surface area contributed by atoms with Gasteiger partial charge >= 0.3 is 0 Å². The molecule has 0 aromatic carbocycles. The number of nitrogens with zero attached hydrogens (tertiary/aromatic N) is 3. The number of rotatable bonds is 8. The van der Waals surface area contributed by atoms with E-state index in [4.69, 9.17) is 0 Å². The highest BCUT2D eigenvalue weighted by Gasteiger charge is 2.29. The first-order valence-corrected chi connectivity index (χ1v) is 10.6. The molecule has 6 heteroatoms. The molecule has 150 valence electrons. The van der Waals surface area contributed by atoms with E-state index in [1.165, 1.54) is 38.8 Å². The lowest BCUT2D eigenvalue weighted by atomic mass is 9.93. The number of hydrogen-bond acceptors (Lipinski definition) is 3. The smallest absolute Gasteiger partial charge is 0.222 e. The minimum Gasteiger partial charge on any atom is -0.355 e. The molecule has 0 aliphatic carbocycles. The monoisotopic (exact) mass is 365 g/mol. The van der Waals surface area contributed by atoms with Crippen LogP contribution in [0.15, 0.2) is 4.99 Å². The Morgan fingerprint density at radius 1 is 1.15 bits per heavy atom. The molecular formula is C20H39N5O. The standard InChI is InChI=1S/C20H39N5O/c1-5-16(6-2)18(24-11-8-9-12-24)14-22-20(21-4)23-17-10-13-25(15-17)19(26)7-3/h16-18H,5-15H2,1-4H3,(H2,21,22,23). The molecule has 2 atom stereocenters. The van der Waals surface area contributed by atoms with Crippen LogP contribution in [0, 0.1) is 5.92 Å². The summed E-state index contributed by atoms with van der Waals surface area (Å²) < 4.78 is 0. The van der Waals surface area contributed by atoms with Gasteiger partial charge in [-0.05, 0) is 38.3 Å². The molecule has 0 bridgehead atoms. The lowest BCUT2D eigenvalue weighted by molar-refractivity contribution is -0.129. The van der Waals surface area contributed by atoms with E-state index in [0.29, 0.717) is 18.5 Å². The third-order valence-electron chi connectivity index (χ3n) is 6.09. The van der Waals surface area contributed by atoms with Gasteiger partial charge in [-0.3, -0.25) is 14.7 Å². The summed E-state index contributed by atoms with van der Waals surface area (Å²) in [5, 5.41) is 7.10. The van der Waals surface area contributed by atoms with Gasteiger partial charge in [0.25, 0.3) is 0 Å². The van der Waals surface area contributed by atoms with Crippen LogP contribution < -0.4 is 10.6 Å². The Kier molecular flexibility index (Phi) is 8.69. The molecule has 26 heavy (non-hydrogen) atoms. The van der Waals surface area contributed by atoms with Crippen LogP contribution in [0.1, 0.15) is 59.3 Å². The summed E-state index contributed by atoms with van der Waals surface area (Å²) in [6, 6.07) is 0.878. The quantitative estimate of drug-likeness (QED) is 0.511. The molecule has 2 rings (SSSR count). The molecule has 2 aliphatic rings. The Morgan fingerprint density at radius 2 is 1.85 bits per heavy atom. The first kappa shape index (κ1) is 21.0. The first-order chi connectivity index (χ1) is 12.6. The van der Waals surface area contributed by atoms with Gasteiger partial charge in [-0.25, -0.2) is 0 Å². The van der Waals surface area contributed by atoms with Crippen LogP contribution in [0.3, 0.4) is 0 Å².